The van der Waals surface area contributed by atoms with Crippen LogP contribution in [0.3, 0.4) is 0 Å². The highest BCUT2D eigenvalue weighted by Gasteiger charge is 2.10. The summed E-state index contributed by atoms with van der Waals surface area (Å²) in [5, 5.41) is 2.38. The number of fused-ring (bicyclic) bond motifs is 4. The van der Waals surface area contributed by atoms with Crippen molar-refractivity contribution in [1.29, 1.82) is 0 Å². The summed E-state index contributed by atoms with van der Waals surface area (Å²) in [4.78, 5) is 22.0. The molecular formula is C20H13N3OS2. The maximum atomic E-state index is 12.7. The second-order valence-corrected chi connectivity index (χ2v) is 7.89. The molecule has 0 fully saturated rings. The number of hydrogen-bond acceptors (Lipinski definition) is 4. The van der Waals surface area contributed by atoms with Crippen molar-refractivity contribution < 1.29 is 4.79 Å². The fraction of sp³-hybridized carbons (Fsp3) is 0.0500. The third-order valence-corrected chi connectivity index (χ3v) is 6.45. The number of thiazole rings is 2. The summed E-state index contributed by atoms with van der Waals surface area (Å²) < 4.78 is 4.13. The SMILES string of the molecule is Cn1c(=NC(=O)c2ccc3ncsc3c2)sc2c3ccccc3ccc21. The number of rotatable bonds is 1. The zero-order valence-corrected chi connectivity index (χ0v) is 15.5. The molecule has 4 nitrogen and oxygen atoms in total. The Morgan fingerprint density at radius 1 is 1.12 bits per heavy atom. The lowest BCUT2D eigenvalue weighted by Gasteiger charge is -1.99. The van der Waals surface area contributed by atoms with Crippen LogP contribution >= 0.6 is 22.7 Å². The van der Waals surface area contributed by atoms with Gasteiger partial charge < -0.3 is 4.57 Å². The van der Waals surface area contributed by atoms with E-state index in [4.69, 9.17) is 0 Å². The normalized spacial score (nSPS) is 12.4. The van der Waals surface area contributed by atoms with E-state index in [2.05, 4.69) is 34.2 Å². The van der Waals surface area contributed by atoms with Crippen LogP contribution in [-0.4, -0.2) is 15.5 Å². The van der Waals surface area contributed by atoms with Crippen molar-refractivity contribution in [2.75, 3.05) is 0 Å². The maximum absolute atomic E-state index is 12.7. The van der Waals surface area contributed by atoms with Crippen molar-refractivity contribution in [3.8, 4) is 0 Å². The zero-order chi connectivity index (χ0) is 17.7. The lowest BCUT2D eigenvalue weighted by atomic mass is 10.1. The molecule has 0 aliphatic heterocycles. The Bertz CT molecular complexity index is 1370. The van der Waals surface area contributed by atoms with Crippen LogP contribution in [0.1, 0.15) is 10.4 Å². The number of amides is 1. The molecule has 0 N–H and O–H groups in total. The van der Waals surface area contributed by atoms with E-state index in [1.807, 2.05) is 35.9 Å². The monoisotopic (exact) mass is 375 g/mol. The molecular weight excluding hydrogens is 362 g/mol. The van der Waals surface area contributed by atoms with Crippen LogP contribution in [0.2, 0.25) is 0 Å². The smallest absolute Gasteiger partial charge is 0.279 e. The van der Waals surface area contributed by atoms with Crippen LogP contribution in [0, 0.1) is 0 Å². The number of aryl methyl sites for hydroxylation is 1. The number of hydrogen-bond donors (Lipinski definition) is 0. The van der Waals surface area contributed by atoms with Crippen molar-refractivity contribution in [2.45, 2.75) is 0 Å². The lowest BCUT2D eigenvalue weighted by molar-refractivity contribution is 0.0998. The summed E-state index contributed by atoms with van der Waals surface area (Å²) in [6.45, 7) is 0. The highest BCUT2D eigenvalue weighted by atomic mass is 32.1. The molecule has 6 heteroatoms. The molecule has 0 saturated heterocycles. The van der Waals surface area contributed by atoms with Crippen molar-refractivity contribution >= 4 is 59.8 Å². The summed E-state index contributed by atoms with van der Waals surface area (Å²) >= 11 is 3.07. The highest BCUT2D eigenvalue weighted by Crippen LogP contribution is 2.27. The third-order valence-electron chi connectivity index (χ3n) is 4.48. The summed E-state index contributed by atoms with van der Waals surface area (Å²) in [7, 11) is 1.95. The van der Waals surface area contributed by atoms with Gasteiger partial charge in [0.1, 0.15) is 0 Å². The van der Waals surface area contributed by atoms with Crippen LogP contribution in [-0.2, 0) is 7.05 Å². The number of benzene rings is 3. The van der Waals surface area contributed by atoms with Gasteiger partial charge in [-0.3, -0.25) is 4.79 Å². The summed E-state index contributed by atoms with van der Waals surface area (Å²) in [5.74, 6) is -0.230. The van der Waals surface area contributed by atoms with Crippen LogP contribution < -0.4 is 4.80 Å². The van der Waals surface area contributed by atoms with E-state index in [-0.39, 0.29) is 5.91 Å². The number of nitrogens with zero attached hydrogens (tertiary/aromatic N) is 3. The first-order chi connectivity index (χ1) is 12.7. The molecule has 1 amide bonds. The molecule has 0 spiro atoms. The van der Waals surface area contributed by atoms with E-state index < -0.39 is 0 Å². The van der Waals surface area contributed by atoms with Gasteiger partial charge in [-0.25, -0.2) is 4.98 Å². The van der Waals surface area contributed by atoms with Gasteiger partial charge in [0.2, 0.25) is 0 Å². The Kier molecular flexibility index (Phi) is 3.48. The predicted octanol–water partition coefficient (Wildman–Crippen LogP) is 4.74. The summed E-state index contributed by atoms with van der Waals surface area (Å²) in [6, 6.07) is 18.0. The molecule has 2 aromatic heterocycles. The van der Waals surface area contributed by atoms with E-state index in [9.17, 15) is 4.79 Å². The van der Waals surface area contributed by atoms with Crippen molar-refractivity contribution in [1.82, 2.24) is 9.55 Å². The first-order valence-corrected chi connectivity index (χ1v) is 9.80. The van der Waals surface area contributed by atoms with Crippen LogP contribution in [0.4, 0.5) is 0 Å². The number of carbonyl (C=O) groups is 1. The Balaban J connectivity index is 1.68. The van der Waals surface area contributed by atoms with Crippen molar-refractivity contribution in [3.63, 3.8) is 0 Å². The Morgan fingerprint density at radius 2 is 2.00 bits per heavy atom. The van der Waals surface area contributed by atoms with Crippen LogP contribution in [0.15, 0.2) is 65.1 Å². The number of carbonyl (C=O) groups excluding carboxylic acids is 1. The van der Waals surface area contributed by atoms with E-state index in [0.29, 0.717) is 10.4 Å². The molecule has 0 aliphatic rings. The van der Waals surface area contributed by atoms with Gasteiger partial charge in [-0.15, -0.1) is 11.3 Å². The van der Waals surface area contributed by atoms with Crippen LogP contribution in [0.25, 0.3) is 31.2 Å². The third kappa shape index (κ3) is 2.38. The van der Waals surface area contributed by atoms with E-state index >= 15 is 0 Å². The fourth-order valence-corrected chi connectivity index (χ4v) is 4.97. The Hall–Kier alpha value is -2.83. The molecule has 0 bridgehead atoms. The van der Waals surface area contributed by atoms with Gasteiger partial charge in [0, 0.05) is 18.0 Å². The molecule has 5 aromatic rings. The quantitative estimate of drug-likeness (QED) is 0.425. The van der Waals surface area contributed by atoms with Gasteiger partial charge in [-0.1, -0.05) is 41.7 Å². The molecule has 3 aromatic carbocycles. The molecule has 26 heavy (non-hydrogen) atoms. The first kappa shape index (κ1) is 15.4. The first-order valence-electron chi connectivity index (χ1n) is 8.10. The largest absolute Gasteiger partial charge is 0.319 e. The van der Waals surface area contributed by atoms with Crippen LogP contribution in [0.5, 0.6) is 0 Å². The van der Waals surface area contributed by atoms with Gasteiger partial charge in [0.25, 0.3) is 5.91 Å². The molecule has 0 saturated carbocycles. The second-order valence-electron chi connectivity index (χ2n) is 6.03. The van der Waals surface area contributed by atoms with Gasteiger partial charge in [0.15, 0.2) is 4.80 Å². The minimum absolute atomic E-state index is 0.230. The van der Waals surface area contributed by atoms with E-state index in [0.717, 1.165) is 20.4 Å². The Morgan fingerprint density at radius 3 is 2.92 bits per heavy atom. The Labute approximate surface area is 156 Å². The van der Waals surface area contributed by atoms with Gasteiger partial charge in [-0.2, -0.15) is 4.99 Å². The summed E-state index contributed by atoms with van der Waals surface area (Å²) in [5.41, 5.74) is 4.36. The maximum Gasteiger partial charge on any atom is 0.279 e. The van der Waals surface area contributed by atoms with E-state index in [1.54, 1.807) is 22.9 Å². The van der Waals surface area contributed by atoms with Gasteiger partial charge in [-0.05, 0) is 29.7 Å². The highest BCUT2D eigenvalue weighted by molar-refractivity contribution is 7.17. The molecule has 126 valence electrons. The van der Waals surface area contributed by atoms with Crippen molar-refractivity contribution in [3.05, 3.63) is 70.5 Å². The van der Waals surface area contributed by atoms with Gasteiger partial charge >= 0.3 is 0 Å². The topological polar surface area (TPSA) is 47.2 Å². The lowest BCUT2D eigenvalue weighted by Crippen LogP contribution is -2.13. The number of aromatic nitrogens is 2. The molecule has 0 unspecified atom stereocenters. The molecule has 0 atom stereocenters. The van der Waals surface area contributed by atoms with Gasteiger partial charge in [0.05, 0.1) is 25.9 Å². The second kappa shape index (κ2) is 5.86. The minimum atomic E-state index is -0.230. The summed E-state index contributed by atoms with van der Waals surface area (Å²) in [6.07, 6.45) is 0. The minimum Gasteiger partial charge on any atom is -0.319 e. The standard InChI is InChI=1S/C20H13N3OS2/c1-23-16-9-7-12-4-2-3-5-14(12)18(16)26-20(23)22-19(24)13-6-8-15-17(10-13)25-11-21-15/h2-11H,1H3. The fourth-order valence-electron chi connectivity index (χ4n) is 3.10. The molecule has 5 rings (SSSR count). The molecule has 0 aliphatic carbocycles. The van der Waals surface area contributed by atoms with Crippen molar-refractivity contribution in [2.24, 2.45) is 12.0 Å². The molecule has 2 heterocycles. The molecule has 0 radical (unpaired) electrons. The average Bonchev–Trinajstić information content (AvgIpc) is 3.26. The van der Waals surface area contributed by atoms with E-state index in [1.165, 1.54) is 22.1 Å². The predicted molar refractivity (Wildman–Crippen MR) is 108 cm³/mol. The average molecular weight is 375 g/mol. The zero-order valence-electron chi connectivity index (χ0n) is 13.8.